The molecule has 1 aliphatic heterocycles. The zero-order valence-corrected chi connectivity index (χ0v) is 16.6. The Morgan fingerprint density at radius 2 is 1.83 bits per heavy atom. The third-order valence-corrected chi connectivity index (χ3v) is 5.57. The van der Waals surface area contributed by atoms with Crippen molar-refractivity contribution < 1.29 is 18.7 Å². The second kappa shape index (κ2) is 8.41. The SMILES string of the molecule is O=C(NC1CC1)c1ccc(OC[C@H]2CCCN2C(=O)c2ccc(F)c(Cl)c2)cc1. The van der Waals surface area contributed by atoms with E-state index in [-0.39, 0.29) is 22.9 Å². The van der Waals surface area contributed by atoms with Gasteiger partial charge < -0.3 is 15.0 Å². The van der Waals surface area contributed by atoms with Crippen LogP contribution in [0.15, 0.2) is 42.5 Å². The fraction of sp³-hybridized carbons (Fsp3) is 0.364. The summed E-state index contributed by atoms with van der Waals surface area (Å²) in [6, 6.07) is 11.3. The Morgan fingerprint density at radius 3 is 2.52 bits per heavy atom. The van der Waals surface area contributed by atoms with Crippen LogP contribution in [0.25, 0.3) is 0 Å². The molecule has 29 heavy (non-hydrogen) atoms. The van der Waals surface area contributed by atoms with Crippen LogP contribution >= 0.6 is 11.6 Å². The zero-order valence-electron chi connectivity index (χ0n) is 15.9. The average Bonchev–Trinajstić information content (AvgIpc) is 3.41. The number of amides is 2. The zero-order chi connectivity index (χ0) is 20.4. The number of hydrogen-bond acceptors (Lipinski definition) is 3. The van der Waals surface area contributed by atoms with Crippen LogP contribution in [0.1, 0.15) is 46.4 Å². The summed E-state index contributed by atoms with van der Waals surface area (Å²) in [5.74, 6) is -0.134. The van der Waals surface area contributed by atoms with Gasteiger partial charge in [0.2, 0.25) is 0 Å². The number of carbonyl (C=O) groups excluding carboxylic acids is 2. The fourth-order valence-corrected chi connectivity index (χ4v) is 3.64. The molecule has 1 atom stereocenters. The minimum atomic E-state index is -0.543. The molecule has 0 spiro atoms. The van der Waals surface area contributed by atoms with Crippen molar-refractivity contribution in [3.05, 3.63) is 64.4 Å². The molecule has 0 aromatic heterocycles. The van der Waals surface area contributed by atoms with Crippen LogP contribution < -0.4 is 10.1 Å². The minimum absolute atomic E-state index is 0.0614. The van der Waals surface area contributed by atoms with E-state index in [0.717, 1.165) is 25.7 Å². The molecule has 5 nitrogen and oxygen atoms in total. The number of benzene rings is 2. The van der Waals surface area contributed by atoms with E-state index in [9.17, 15) is 14.0 Å². The van der Waals surface area contributed by atoms with Crippen LogP contribution in [0.2, 0.25) is 5.02 Å². The van der Waals surface area contributed by atoms with Crippen molar-refractivity contribution in [2.24, 2.45) is 0 Å². The average molecular weight is 417 g/mol. The van der Waals surface area contributed by atoms with Crippen molar-refractivity contribution in [2.45, 2.75) is 37.8 Å². The Labute approximate surface area is 173 Å². The lowest BCUT2D eigenvalue weighted by molar-refractivity contribution is 0.0691. The molecular weight excluding hydrogens is 395 g/mol. The summed E-state index contributed by atoms with van der Waals surface area (Å²) < 4.78 is 19.2. The molecule has 7 heteroatoms. The van der Waals surface area contributed by atoms with Crippen LogP contribution in [-0.2, 0) is 0 Å². The van der Waals surface area contributed by atoms with Gasteiger partial charge in [-0.1, -0.05) is 11.6 Å². The normalized spacial score (nSPS) is 18.6. The first kappa shape index (κ1) is 19.7. The quantitative estimate of drug-likeness (QED) is 0.772. The molecule has 2 amide bonds. The number of halogens is 2. The van der Waals surface area contributed by atoms with Crippen molar-refractivity contribution in [1.82, 2.24) is 10.2 Å². The molecule has 1 heterocycles. The fourth-order valence-electron chi connectivity index (χ4n) is 3.46. The maximum absolute atomic E-state index is 13.4. The molecule has 0 unspecified atom stereocenters. The first-order chi connectivity index (χ1) is 14.0. The Bertz CT molecular complexity index is 915. The number of carbonyl (C=O) groups is 2. The third kappa shape index (κ3) is 4.70. The van der Waals surface area contributed by atoms with E-state index in [1.807, 2.05) is 0 Å². The Kier molecular flexibility index (Phi) is 5.72. The van der Waals surface area contributed by atoms with Gasteiger partial charge in [-0.05, 0) is 68.1 Å². The lowest BCUT2D eigenvalue weighted by Crippen LogP contribution is -2.39. The Balaban J connectivity index is 1.35. The van der Waals surface area contributed by atoms with Gasteiger partial charge >= 0.3 is 0 Å². The van der Waals surface area contributed by atoms with Gasteiger partial charge in [0.25, 0.3) is 11.8 Å². The van der Waals surface area contributed by atoms with E-state index in [4.69, 9.17) is 16.3 Å². The number of nitrogens with one attached hydrogen (secondary N) is 1. The maximum atomic E-state index is 13.4. The van der Waals surface area contributed by atoms with Crippen LogP contribution in [0, 0.1) is 5.82 Å². The van der Waals surface area contributed by atoms with Gasteiger partial charge in [0, 0.05) is 23.7 Å². The van der Waals surface area contributed by atoms with Gasteiger partial charge in [-0.15, -0.1) is 0 Å². The number of hydrogen-bond donors (Lipinski definition) is 1. The van der Waals surface area contributed by atoms with E-state index in [1.165, 1.54) is 18.2 Å². The third-order valence-electron chi connectivity index (χ3n) is 5.28. The standard InChI is InChI=1S/C22H22ClFN2O3/c23-19-12-15(5-10-20(19)24)22(28)26-11-1-2-17(26)13-29-18-8-3-14(4-9-18)21(27)25-16-6-7-16/h3-5,8-10,12,16-17H,1-2,6-7,11,13H2,(H,25,27)/t17-/m1/s1. The van der Waals surface area contributed by atoms with Gasteiger partial charge in [0.05, 0.1) is 11.1 Å². The van der Waals surface area contributed by atoms with Crippen molar-refractivity contribution in [1.29, 1.82) is 0 Å². The molecular formula is C22H22ClFN2O3. The summed E-state index contributed by atoms with van der Waals surface area (Å²) in [6.45, 7) is 0.983. The molecule has 4 rings (SSSR count). The van der Waals surface area contributed by atoms with Crippen molar-refractivity contribution in [2.75, 3.05) is 13.2 Å². The second-order valence-corrected chi connectivity index (χ2v) is 7.91. The summed E-state index contributed by atoms with van der Waals surface area (Å²) >= 11 is 5.81. The molecule has 1 saturated carbocycles. The monoisotopic (exact) mass is 416 g/mol. The number of nitrogens with zero attached hydrogens (tertiary/aromatic N) is 1. The highest BCUT2D eigenvalue weighted by Gasteiger charge is 2.30. The van der Waals surface area contributed by atoms with Crippen LogP contribution in [0.5, 0.6) is 5.75 Å². The summed E-state index contributed by atoms with van der Waals surface area (Å²) in [6.07, 6.45) is 3.82. The lowest BCUT2D eigenvalue weighted by Gasteiger charge is -2.25. The molecule has 2 aromatic carbocycles. The largest absolute Gasteiger partial charge is 0.491 e. The van der Waals surface area contributed by atoms with Crippen LogP contribution in [-0.4, -0.2) is 41.9 Å². The van der Waals surface area contributed by atoms with Gasteiger partial charge in [0.1, 0.15) is 18.2 Å². The predicted molar refractivity (Wildman–Crippen MR) is 108 cm³/mol. The highest BCUT2D eigenvalue weighted by molar-refractivity contribution is 6.31. The lowest BCUT2D eigenvalue weighted by atomic mass is 10.1. The molecule has 1 N–H and O–H groups in total. The first-order valence-electron chi connectivity index (χ1n) is 9.81. The van der Waals surface area contributed by atoms with E-state index in [0.29, 0.717) is 36.1 Å². The molecule has 0 radical (unpaired) electrons. The van der Waals surface area contributed by atoms with E-state index in [1.54, 1.807) is 29.2 Å². The van der Waals surface area contributed by atoms with E-state index >= 15 is 0 Å². The summed E-state index contributed by atoms with van der Waals surface area (Å²) in [4.78, 5) is 26.6. The van der Waals surface area contributed by atoms with Gasteiger partial charge in [-0.3, -0.25) is 9.59 Å². The van der Waals surface area contributed by atoms with Crippen LogP contribution in [0.3, 0.4) is 0 Å². The summed E-state index contributed by atoms with van der Waals surface area (Å²) in [5, 5.41) is 2.89. The number of likely N-dealkylation sites (tertiary alicyclic amines) is 1. The van der Waals surface area contributed by atoms with E-state index < -0.39 is 5.82 Å². The van der Waals surface area contributed by atoms with Gasteiger partial charge in [-0.2, -0.15) is 0 Å². The minimum Gasteiger partial charge on any atom is -0.491 e. The first-order valence-corrected chi connectivity index (χ1v) is 10.2. The summed E-state index contributed by atoms with van der Waals surface area (Å²) in [5.41, 5.74) is 0.976. The smallest absolute Gasteiger partial charge is 0.254 e. The Morgan fingerprint density at radius 1 is 1.10 bits per heavy atom. The van der Waals surface area contributed by atoms with Crippen molar-refractivity contribution in [3.8, 4) is 5.75 Å². The maximum Gasteiger partial charge on any atom is 0.254 e. The van der Waals surface area contributed by atoms with Crippen molar-refractivity contribution in [3.63, 3.8) is 0 Å². The molecule has 2 fully saturated rings. The predicted octanol–water partition coefficient (Wildman–Crippen LogP) is 4.05. The topological polar surface area (TPSA) is 58.6 Å². The number of ether oxygens (including phenoxy) is 1. The summed E-state index contributed by atoms with van der Waals surface area (Å²) in [7, 11) is 0. The van der Waals surface area contributed by atoms with Gasteiger partial charge in [0.15, 0.2) is 0 Å². The van der Waals surface area contributed by atoms with E-state index in [2.05, 4.69) is 5.32 Å². The second-order valence-electron chi connectivity index (χ2n) is 7.51. The Hall–Kier alpha value is -2.60. The number of rotatable bonds is 6. The molecule has 1 saturated heterocycles. The molecule has 152 valence electrons. The molecule has 2 aliphatic rings. The molecule has 2 aromatic rings. The van der Waals surface area contributed by atoms with Gasteiger partial charge in [-0.25, -0.2) is 4.39 Å². The molecule has 1 aliphatic carbocycles. The highest BCUT2D eigenvalue weighted by atomic mass is 35.5. The van der Waals surface area contributed by atoms with Crippen LogP contribution in [0.4, 0.5) is 4.39 Å². The van der Waals surface area contributed by atoms with Crippen molar-refractivity contribution >= 4 is 23.4 Å². The highest BCUT2D eigenvalue weighted by Crippen LogP contribution is 2.24. The molecule has 0 bridgehead atoms.